The molecular formula is C16H14F2O3. The van der Waals surface area contributed by atoms with Crippen LogP contribution in [0.1, 0.15) is 22.8 Å². The zero-order chi connectivity index (χ0) is 15.4. The smallest absolute Gasteiger partial charge is 0.387 e. The van der Waals surface area contributed by atoms with E-state index in [2.05, 4.69) is 4.74 Å². The van der Waals surface area contributed by atoms with Crippen molar-refractivity contribution in [2.24, 2.45) is 0 Å². The maximum Gasteiger partial charge on any atom is 0.387 e. The van der Waals surface area contributed by atoms with E-state index in [1.54, 1.807) is 0 Å². The van der Waals surface area contributed by atoms with Gasteiger partial charge in [0.25, 0.3) is 0 Å². The molecule has 21 heavy (non-hydrogen) atoms. The van der Waals surface area contributed by atoms with Crippen molar-refractivity contribution < 1.29 is 23.4 Å². The number of alkyl halides is 2. The van der Waals surface area contributed by atoms with E-state index in [4.69, 9.17) is 5.11 Å². The van der Waals surface area contributed by atoms with E-state index in [9.17, 15) is 13.6 Å². The number of hydrogen-bond acceptors (Lipinski definition) is 2. The lowest BCUT2D eigenvalue weighted by atomic mass is 10.0. The van der Waals surface area contributed by atoms with Gasteiger partial charge in [-0.25, -0.2) is 4.79 Å². The van der Waals surface area contributed by atoms with Gasteiger partial charge in [0.15, 0.2) is 0 Å². The lowest BCUT2D eigenvalue weighted by Crippen LogP contribution is -2.04. The first-order valence-corrected chi connectivity index (χ1v) is 6.42. The summed E-state index contributed by atoms with van der Waals surface area (Å²) in [6.07, 6.45) is 0.884. The lowest BCUT2D eigenvalue weighted by molar-refractivity contribution is -0.0498. The highest BCUT2D eigenvalue weighted by Crippen LogP contribution is 2.27. The zero-order valence-corrected chi connectivity index (χ0v) is 11.3. The van der Waals surface area contributed by atoms with Crippen LogP contribution in [0.5, 0.6) is 5.75 Å². The number of rotatable bonds is 5. The van der Waals surface area contributed by atoms with Gasteiger partial charge in [0.05, 0.1) is 5.56 Å². The minimum atomic E-state index is -3.00. The van der Waals surface area contributed by atoms with Crippen LogP contribution in [0.25, 0.3) is 11.1 Å². The largest absolute Gasteiger partial charge is 0.478 e. The average Bonchev–Trinajstić information content (AvgIpc) is 2.46. The van der Waals surface area contributed by atoms with Crippen molar-refractivity contribution in [3.8, 4) is 16.9 Å². The van der Waals surface area contributed by atoms with Gasteiger partial charge in [0.2, 0.25) is 0 Å². The second-order valence-electron chi connectivity index (χ2n) is 4.48. The van der Waals surface area contributed by atoms with Crippen LogP contribution in [-0.2, 0) is 6.42 Å². The van der Waals surface area contributed by atoms with Gasteiger partial charge in [-0.2, -0.15) is 8.78 Å². The first-order chi connectivity index (χ1) is 9.99. The standard InChI is InChI=1S/C16H14F2O3/c1-2-10-3-5-11(6-4-10)12-7-13(15(19)20)9-14(8-12)21-16(17)18/h3-9,16H,2H2,1H3,(H,19,20). The van der Waals surface area contributed by atoms with E-state index < -0.39 is 12.6 Å². The fraction of sp³-hybridized carbons (Fsp3) is 0.188. The van der Waals surface area contributed by atoms with Crippen LogP contribution in [0.2, 0.25) is 0 Å². The van der Waals surface area contributed by atoms with Crippen LogP contribution < -0.4 is 4.74 Å². The Hall–Kier alpha value is -2.43. The van der Waals surface area contributed by atoms with Crippen LogP contribution >= 0.6 is 0 Å². The van der Waals surface area contributed by atoms with Crippen LogP contribution in [0, 0.1) is 0 Å². The summed E-state index contributed by atoms with van der Waals surface area (Å²) in [4.78, 5) is 11.1. The Morgan fingerprint density at radius 2 is 1.81 bits per heavy atom. The fourth-order valence-electron chi connectivity index (χ4n) is 1.99. The minimum absolute atomic E-state index is 0.0947. The van der Waals surface area contributed by atoms with Gasteiger partial charge in [-0.15, -0.1) is 0 Å². The van der Waals surface area contributed by atoms with Crippen molar-refractivity contribution in [1.82, 2.24) is 0 Å². The summed E-state index contributed by atoms with van der Waals surface area (Å²) in [5, 5.41) is 9.05. The van der Waals surface area contributed by atoms with Gasteiger partial charge in [-0.1, -0.05) is 31.2 Å². The number of carboxylic acids is 1. The zero-order valence-electron chi connectivity index (χ0n) is 11.3. The SMILES string of the molecule is CCc1ccc(-c2cc(OC(F)F)cc(C(=O)O)c2)cc1. The van der Waals surface area contributed by atoms with Crippen molar-refractivity contribution in [2.45, 2.75) is 20.0 Å². The molecule has 2 aromatic rings. The number of ether oxygens (including phenoxy) is 1. The quantitative estimate of drug-likeness (QED) is 0.897. The third-order valence-corrected chi connectivity index (χ3v) is 3.07. The lowest BCUT2D eigenvalue weighted by Gasteiger charge is -2.09. The second-order valence-corrected chi connectivity index (χ2v) is 4.48. The number of aryl methyl sites for hydroxylation is 1. The molecule has 0 saturated heterocycles. The molecule has 0 amide bonds. The number of aromatic carboxylic acids is 1. The number of benzene rings is 2. The van der Waals surface area contributed by atoms with E-state index in [-0.39, 0.29) is 11.3 Å². The number of halogens is 2. The van der Waals surface area contributed by atoms with Crippen LogP contribution in [-0.4, -0.2) is 17.7 Å². The number of carbonyl (C=O) groups is 1. The molecule has 0 fully saturated rings. The van der Waals surface area contributed by atoms with E-state index in [1.165, 1.54) is 12.1 Å². The Kier molecular flexibility index (Phi) is 4.52. The van der Waals surface area contributed by atoms with Crippen molar-refractivity contribution in [3.05, 3.63) is 53.6 Å². The molecule has 0 radical (unpaired) electrons. The molecule has 5 heteroatoms. The summed E-state index contributed by atoms with van der Waals surface area (Å²) >= 11 is 0. The van der Waals surface area contributed by atoms with E-state index in [0.717, 1.165) is 23.6 Å². The molecular weight excluding hydrogens is 278 g/mol. The van der Waals surface area contributed by atoms with Crippen molar-refractivity contribution >= 4 is 5.97 Å². The minimum Gasteiger partial charge on any atom is -0.478 e. The summed E-state index contributed by atoms with van der Waals surface area (Å²) in [6.45, 7) is -0.974. The summed E-state index contributed by atoms with van der Waals surface area (Å²) in [5.41, 5.74) is 2.31. The summed E-state index contributed by atoms with van der Waals surface area (Å²) < 4.78 is 28.9. The molecule has 0 unspecified atom stereocenters. The van der Waals surface area contributed by atoms with E-state index >= 15 is 0 Å². The van der Waals surface area contributed by atoms with Gasteiger partial charge in [-0.3, -0.25) is 0 Å². The van der Waals surface area contributed by atoms with Crippen molar-refractivity contribution in [1.29, 1.82) is 0 Å². The highest BCUT2D eigenvalue weighted by molar-refractivity contribution is 5.90. The van der Waals surface area contributed by atoms with Crippen LogP contribution in [0.3, 0.4) is 0 Å². The molecule has 2 aromatic carbocycles. The third-order valence-electron chi connectivity index (χ3n) is 3.07. The Balaban J connectivity index is 2.45. The Morgan fingerprint density at radius 3 is 2.33 bits per heavy atom. The number of hydrogen-bond donors (Lipinski definition) is 1. The van der Waals surface area contributed by atoms with Crippen LogP contribution in [0.4, 0.5) is 8.78 Å². The molecule has 0 atom stereocenters. The predicted molar refractivity (Wildman–Crippen MR) is 74.8 cm³/mol. The normalized spacial score (nSPS) is 10.7. The first kappa shape index (κ1) is 15.0. The van der Waals surface area contributed by atoms with Gasteiger partial charge in [0, 0.05) is 0 Å². The summed E-state index contributed by atoms with van der Waals surface area (Å²) in [5.74, 6) is -1.36. The topological polar surface area (TPSA) is 46.5 Å². The third kappa shape index (κ3) is 3.78. The average molecular weight is 292 g/mol. The van der Waals surface area contributed by atoms with Gasteiger partial charge < -0.3 is 9.84 Å². The molecule has 0 bridgehead atoms. The molecule has 0 aromatic heterocycles. The first-order valence-electron chi connectivity index (χ1n) is 6.42. The molecule has 0 aliphatic rings. The molecule has 0 heterocycles. The highest BCUT2D eigenvalue weighted by Gasteiger charge is 2.12. The predicted octanol–water partition coefficient (Wildman–Crippen LogP) is 4.22. The monoisotopic (exact) mass is 292 g/mol. The van der Waals surface area contributed by atoms with Gasteiger partial charge in [0.1, 0.15) is 5.75 Å². The highest BCUT2D eigenvalue weighted by atomic mass is 19.3. The molecule has 0 aliphatic heterocycles. The Bertz CT molecular complexity index is 636. The maximum absolute atomic E-state index is 12.3. The fourth-order valence-corrected chi connectivity index (χ4v) is 1.99. The molecule has 2 rings (SSSR count). The molecule has 0 spiro atoms. The van der Waals surface area contributed by atoms with Crippen molar-refractivity contribution in [3.63, 3.8) is 0 Å². The Labute approximate surface area is 120 Å². The summed E-state index contributed by atoms with van der Waals surface area (Å²) in [7, 11) is 0. The Morgan fingerprint density at radius 1 is 1.14 bits per heavy atom. The molecule has 1 N–H and O–H groups in total. The molecule has 0 saturated carbocycles. The number of carboxylic acid groups (broad SMARTS) is 1. The summed E-state index contributed by atoms with van der Waals surface area (Å²) in [6, 6.07) is 11.4. The second kappa shape index (κ2) is 6.35. The van der Waals surface area contributed by atoms with Crippen molar-refractivity contribution in [2.75, 3.05) is 0 Å². The van der Waals surface area contributed by atoms with Gasteiger partial charge in [-0.05, 0) is 41.3 Å². The van der Waals surface area contributed by atoms with Gasteiger partial charge >= 0.3 is 12.6 Å². The maximum atomic E-state index is 12.3. The van der Waals surface area contributed by atoms with Crippen LogP contribution in [0.15, 0.2) is 42.5 Å². The van der Waals surface area contributed by atoms with E-state index in [0.29, 0.717) is 5.56 Å². The van der Waals surface area contributed by atoms with E-state index in [1.807, 2.05) is 31.2 Å². The molecule has 0 aliphatic carbocycles. The molecule has 110 valence electrons. The molecule has 3 nitrogen and oxygen atoms in total.